The first-order chi connectivity index (χ1) is 19.1. The summed E-state index contributed by atoms with van der Waals surface area (Å²) in [7, 11) is -1.33. The molecule has 1 amide bonds. The number of hydrogen-bond donors (Lipinski definition) is 3. The minimum atomic E-state index is -4.25. The average Bonchev–Trinajstić information content (AvgIpc) is 3.37. The van der Waals surface area contributed by atoms with E-state index in [1.807, 2.05) is 24.3 Å². The van der Waals surface area contributed by atoms with Crippen molar-refractivity contribution >= 4 is 55.9 Å². The molecule has 9 nitrogen and oxygen atoms in total. The Morgan fingerprint density at radius 2 is 1.70 bits per heavy atom. The van der Waals surface area contributed by atoms with Gasteiger partial charge in [0, 0.05) is 17.2 Å². The molecule has 5 rings (SSSR count). The predicted molar refractivity (Wildman–Crippen MR) is 156 cm³/mol. The minimum Gasteiger partial charge on any atom is -0.493 e. The summed E-state index contributed by atoms with van der Waals surface area (Å²) in [6.45, 7) is 0. The monoisotopic (exact) mass is 596 g/mol. The van der Waals surface area contributed by atoms with Crippen LogP contribution in [-0.4, -0.2) is 38.5 Å². The molecule has 12 heteroatoms. The zero-order valence-corrected chi connectivity index (χ0v) is 23.5. The zero-order chi connectivity index (χ0) is 28.6. The van der Waals surface area contributed by atoms with Crippen molar-refractivity contribution in [2.45, 2.75) is 4.90 Å². The van der Waals surface area contributed by atoms with Gasteiger partial charge in [-0.15, -0.1) is 0 Å². The Labute approximate surface area is 239 Å². The summed E-state index contributed by atoms with van der Waals surface area (Å²) in [6, 6.07) is 19.5. The van der Waals surface area contributed by atoms with Crippen LogP contribution in [0.25, 0.3) is 33.5 Å². The number of aromatic amines is 1. The van der Waals surface area contributed by atoms with Gasteiger partial charge < -0.3 is 20.2 Å². The van der Waals surface area contributed by atoms with Gasteiger partial charge in [0.05, 0.1) is 51.4 Å². The molecule has 0 saturated heterocycles. The highest BCUT2D eigenvalue weighted by atomic mass is 35.5. The Balaban J connectivity index is 1.67. The number of aromatic nitrogens is 2. The summed E-state index contributed by atoms with van der Waals surface area (Å²) in [5.74, 6) is 0.426. The maximum atomic E-state index is 13.7. The number of carbonyl (C=O) groups is 1. The lowest BCUT2D eigenvalue weighted by Gasteiger charge is -2.17. The van der Waals surface area contributed by atoms with Crippen LogP contribution in [0.4, 0.5) is 5.69 Å². The molecule has 0 atom stereocenters. The largest absolute Gasteiger partial charge is 0.493 e. The van der Waals surface area contributed by atoms with Gasteiger partial charge in [-0.05, 0) is 54.1 Å². The fourth-order valence-corrected chi connectivity index (χ4v) is 6.21. The van der Waals surface area contributed by atoms with E-state index in [0.717, 1.165) is 11.0 Å². The fourth-order valence-electron chi connectivity index (χ4n) is 4.29. The van der Waals surface area contributed by atoms with E-state index in [4.69, 9.17) is 38.4 Å². The number of benzene rings is 4. The Morgan fingerprint density at radius 3 is 2.40 bits per heavy atom. The highest BCUT2D eigenvalue weighted by molar-refractivity contribution is 7.92. The molecule has 0 saturated carbocycles. The van der Waals surface area contributed by atoms with E-state index >= 15 is 0 Å². The van der Waals surface area contributed by atoms with Crippen LogP contribution in [0.5, 0.6) is 11.5 Å². The van der Waals surface area contributed by atoms with E-state index < -0.39 is 15.9 Å². The minimum absolute atomic E-state index is 0.0398. The van der Waals surface area contributed by atoms with Crippen molar-refractivity contribution in [3.05, 3.63) is 88.4 Å². The molecule has 204 valence electrons. The van der Waals surface area contributed by atoms with Crippen LogP contribution in [0, 0.1) is 0 Å². The van der Waals surface area contributed by atoms with E-state index in [1.54, 1.807) is 24.3 Å². The molecule has 4 aromatic carbocycles. The van der Waals surface area contributed by atoms with Crippen molar-refractivity contribution in [1.82, 2.24) is 9.97 Å². The van der Waals surface area contributed by atoms with Crippen LogP contribution in [0.2, 0.25) is 10.0 Å². The molecule has 0 radical (unpaired) electrons. The zero-order valence-electron chi connectivity index (χ0n) is 21.2. The number of para-hydroxylation sites is 2. The van der Waals surface area contributed by atoms with E-state index in [-0.39, 0.29) is 26.7 Å². The number of methoxy groups -OCH3 is 2. The van der Waals surface area contributed by atoms with E-state index in [1.165, 1.54) is 38.5 Å². The quantitative estimate of drug-likeness (QED) is 0.197. The molecule has 1 heterocycles. The number of carbonyl (C=O) groups excluding carboxylic acids is 1. The van der Waals surface area contributed by atoms with Crippen molar-refractivity contribution in [3.63, 3.8) is 0 Å². The molecular formula is C28H22Cl2N4O5S. The van der Waals surface area contributed by atoms with Gasteiger partial charge in [-0.25, -0.2) is 13.4 Å². The van der Waals surface area contributed by atoms with Crippen molar-refractivity contribution in [1.29, 1.82) is 0 Å². The second-order valence-corrected chi connectivity index (χ2v) is 11.1. The molecule has 1 aromatic heterocycles. The van der Waals surface area contributed by atoms with Gasteiger partial charge in [-0.3, -0.25) is 9.52 Å². The number of rotatable bonds is 8. The number of hydrogen-bond acceptors (Lipinski definition) is 6. The number of primary amides is 1. The van der Waals surface area contributed by atoms with Crippen LogP contribution < -0.4 is 19.9 Å². The lowest BCUT2D eigenvalue weighted by molar-refractivity contribution is 0.100. The van der Waals surface area contributed by atoms with E-state index in [9.17, 15) is 13.2 Å². The van der Waals surface area contributed by atoms with Crippen LogP contribution >= 0.6 is 23.2 Å². The molecular weight excluding hydrogens is 575 g/mol. The molecule has 0 aliphatic rings. The third-order valence-electron chi connectivity index (χ3n) is 6.19. The van der Waals surface area contributed by atoms with Gasteiger partial charge in [-0.2, -0.15) is 0 Å². The lowest BCUT2D eigenvalue weighted by atomic mass is 10.00. The first kappa shape index (κ1) is 27.3. The van der Waals surface area contributed by atoms with Gasteiger partial charge in [-0.1, -0.05) is 41.4 Å². The third-order valence-corrected chi connectivity index (χ3v) is 8.34. The normalized spacial score (nSPS) is 11.4. The van der Waals surface area contributed by atoms with Gasteiger partial charge in [0.1, 0.15) is 5.82 Å². The second-order valence-electron chi connectivity index (χ2n) is 8.64. The van der Waals surface area contributed by atoms with Gasteiger partial charge in [0.25, 0.3) is 10.0 Å². The summed E-state index contributed by atoms with van der Waals surface area (Å²) in [5, 5.41) is 0.249. The number of nitrogens with two attached hydrogens (primary N) is 1. The Bertz CT molecular complexity index is 1860. The van der Waals surface area contributed by atoms with E-state index in [2.05, 4.69) is 14.7 Å². The molecule has 0 unspecified atom stereocenters. The van der Waals surface area contributed by atoms with Crippen LogP contribution in [0.15, 0.2) is 77.7 Å². The molecule has 5 aromatic rings. The standard InChI is InChI=1S/C28H22Cl2N4O5S/c1-38-22-11-8-16(14-23(22)39-2)34-40(36,37)24-12-9-17(27(31)35)26(30)25(24)15-7-10-19(29)18(13-15)28-32-20-5-3-4-6-21(20)33-28/h3-14,34H,1-2H3,(H2,31,35)(H,32,33). The number of amides is 1. The SMILES string of the molecule is COc1ccc(NS(=O)(=O)c2ccc(C(N)=O)c(Cl)c2-c2ccc(Cl)c(-c3nc4ccccc4[nH]3)c2)cc1OC. The smallest absolute Gasteiger partial charge is 0.262 e. The van der Waals surface area contributed by atoms with E-state index in [0.29, 0.717) is 33.5 Å². The van der Waals surface area contributed by atoms with Gasteiger partial charge in [0.2, 0.25) is 5.91 Å². The molecule has 0 bridgehead atoms. The number of imidazole rings is 1. The number of sulfonamides is 1. The average molecular weight is 597 g/mol. The molecule has 0 fully saturated rings. The number of fused-ring (bicyclic) bond motifs is 1. The second kappa shape index (κ2) is 10.7. The summed E-state index contributed by atoms with van der Waals surface area (Å²) >= 11 is 13.2. The topological polar surface area (TPSA) is 136 Å². The maximum absolute atomic E-state index is 13.7. The number of nitrogens with zero attached hydrogens (tertiary/aromatic N) is 1. The number of ether oxygens (including phenoxy) is 2. The molecule has 0 aliphatic carbocycles. The third kappa shape index (κ3) is 5.04. The number of anilines is 1. The van der Waals surface area contributed by atoms with Crippen LogP contribution in [-0.2, 0) is 10.0 Å². The number of H-pyrrole nitrogens is 1. The Kier molecular flexibility index (Phi) is 7.33. The number of halogens is 2. The molecule has 0 spiro atoms. The van der Waals surface area contributed by atoms with Crippen molar-refractivity contribution < 1.29 is 22.7 Å². The Morgan fingerprint density at radius 1 is 0.950 bits per heavy atom. The van der Waals surface area contributed by atoms with Crippen molar-refractivity contribution in [3.8, 4) is 34.0 Å². The summed E-state index contributed by atoms with van der Waals surface area (Å²) in [5.41, 5.74) is 8.21. The van der Waals surface area contributed by atoms with Gasteiger partial charge in [0.15, 0.2) is 11.5 Å². The van der Waals surface area contributed by atoms with Crippen LogP contribution in [0.3, 0.4) is 0 Å². The Hall–Kier alpha value is -4.25. The lowest BCUT2D eigenvalue weighted by Crippen LogP contribution is -2.17. The molecule has 40 heavy (non-hydrogen) atoms. The molecule has 4 N–H and O–H groups in total. The maximum Gasteiger partial charge on any atom is 0.262 e. The summed E-state index contributed by atoms with van der Waals surface area (Å²) in [6.07, 6.45) is 0. The highest BCUT2D eigenvalue weighted by Gasteiger charge is 2.26. The van der Waals surface area contributed by atoms with Crippen molar-refractivity contribution in [2.24, 2.45) is 5.73 Å². The van der Waals surface area contributed by atoms with Crippen molar-refractivity contribution in [2.75, 3.05) is 18.9 Å². The highest BCUT2D eigenvalue weighted by Crippen LogP contribution is 2.41. The molecule has 0 aliphatic heterocycles. The summed E-state index contributed by atoms with van der Waals surface area (Å²) < 4.78 is 40.5. The first-order valence-electron chi connectivity index (χ1n) is 11.7. The first-order valence-corrected chi connectivity index (χ1v) is 14.0. The van der Waals surface area contributed by atoms with Crippen LogP contribution in [0.1, 0.15) is 10.4 Å². The summed E-state index contributed by atoms with van der Waals surface area (Å²) in [4.78, 5) is 19.8. The fraction of sp³-hybridized carbons (Fsp3) is 0.0714. The predicted octanol–water partition coefficient (Wildman–Crippen LogP) is 6.12. The number of nitrogens with one attached hydrogen (secondary N) is 2. The van der Waals surface area contributed by atoms with Gasteiger partial charge >= 0.3 is 0 Å².